The van der Waals surface area contributed by atoms with Crippen molar-refractivity contribution < 1.29 is 19.5 Å². The van der Waals surface area contributed by atoms with Crippen molar-refractivity contribution >= 4 is 27.8 Å². The van der Waals surface area contributed by atoms with E-state index in [0.717, 1.165) is 23.1 Å². The fourth-order valence-electron chi connectivity index (χ4n) is 3.84. The second-order valence-corrected chi connectivity index (χ2v) is 9.45. The van der Waals surface area contributed by atoms with Gasteiger partial charge in [-0.05, 0) is 29.8 Å². The van der Waals surface area contributed by atoms with Crippen LogP contribution in [0.4, 0.5) is 0 Å². The largest absolute Gasteiger partial charge is 0.872 e. The molecule has 3 rings (SSSR count). The molecule has 0 aromatic heterocycles. The Labute approximate surface area is 181 Å². The van der Waals surface area contributed by atoms with Crippen molar-refractivity contribution in [2.24, 2.45) is 11.8 Å². The van der Waals surface area contributed by atoms with Crippen LogP contribution in [0.5, 0.6) is 11.5 Å². The summed E-state index contributed by atoms with van der Waals surface area (Å²) in [5.41, 5.74) is 1.95. The molecule has 0 aliphatic carbocycles. The number of carbonyl (C=O) groups is 1. The van der Waals surface area contributed by atoms with Crippen molar-refractivity contribution in [3.05, 3.63) is 63.3 Å². The first kappa shape index (κ1) is 21.6. The van der Waals surface area contributed by atoms with E-state index in [1.54, 1.807) is 12.1 Å². The van der Waals surface area contributed by atoms with Gasteiger partial charge in [0.1, 0.15) is 12.3 Å². The Balaban J connectivity index is 1.93. The standard InChI is InChI=1S/C24H28BrNO3/c1-15(2)12-26(13-16(3)4)14-20-21(27)9-8-19-23(28)22(29-24(19)20)11-17-6-5-7-18(25)10-17/h5-11,15-16,27H,12-14H2,1-4H3. The van der Waals surface area contributed by atoms with Gasteiger partial charge in [-0.3, -0.25) is 4.79 Å². The molecule has 0 fully saturated rings. The number of halogens is 1. The van der Waals surface area contributed by atoms with Crippen LogP contribution in [-0.2, 0) is 6.54 Å². The average Bonchev–Trinajstić information content (AvgIpc) is 2.92. The van der Waals surface area contributed by atoms with Crippen molar-refractivity contribution in [3.63, 3.8) is 0 Å². The van der Waals surface area contributed by atoms with Gasteiger partial charge in [-0.25, -0.2) is 0 Å². The van der Waals surface area contributed by atoms with Gasteiger partial charge >= 0.3 is 0 Å². The Kier molecular flexibility index (Phi) is 6.81. The Morgan fingerprint density at radius 2 is 1.79 bits per heavy atom. The van der Waals surface area contributed by atoms with E-state index >= 15 is 0 Å². The second-order valence-electron chi connectivity index (χ2n) is 8.54. The number of quaternary nitrogens is 1. The lowest BCUT2D eigenvalue weighted by atomic mass is 10.0. The molecule has 1 heterocycles. The topological polar surface area (TPSA) is 53.8 Å². The molecule has 0 spiro atoms. The fourth-order valence-corrected chi connectivity index (χ4v) is 4.25. The number of allylic oxidation sites excluding steroid dienone is 1. The summed E-state index contributed by atoms with van der Waals surface area (Å²) in [7, 11) is 0. The first-order valence-corrected chi connectivity index (χ1v) is 10.9. The maximum absolute atomic E-state index is 12.9. The predicted molar refractivity (Wildman–Crippen MR) is 117 cm³/mol. The van der Waals surface area contributed by atoms with Crippen LogP contribution in [0.1, 0.15) is 49.2 Å². The lowest BCUT2D eigenvalue weighted by Gasteiger charge is -2.26. The summed E-state index contributed by atoms with van der Waals surface area (Å²) in [6.07, 6.45) is 1.73. The Hall–Kier alpha value is -2.11. The van der Waals surface area contributed by atoms with E-state index in [0.29, 0.717) is 35.3 Å². The van der Waals surface area contributed by atoms with Gasteiger partial charge in [0.2, 0.25) is 5.78 Å². The molecule has 1 aliphatic rings. The summed E-state index contributed by atoms with van der Waals surface area (Å²) in [5, 5.41) is 12.7. The van der Waals surface area contributed by atoms with E-state index in [1.807, 2.05) is 24.3 Å². The summed E-state index contributed by atoms with van der Waals surface area (Å²) < 4.78 is 6.90. The Morgan fingerprint density at radius 1 is 1.10 bits per heavy atom. The number of nitrogens with one attached hydrogen (secondary N) is 1. The summed E-state index contributed by atoms with van der Waals surface area (Å²) in [5.74, 6) is 1.50. The smallest absolute Gasteiger partial charge is 0.231 e. The normalized spacial score (nSPS) is 14.9. The highest BCUT2D eigenvalue weighted by atomic mass is 79.9. The van der Waals surface area contributed by atoms with Gasteiger partial charge in [-0.2, -0.15) is 0 Å². The van der Waals surface area contributed by atoms with Crippen LogP contribution in [0.15, 0.2) is 46.6 Å². The zero-order valence-electron chi connectivity index (χ0n) is 17.4. The van der Waals surface area contributed by atoms with Crippen LogP contribution < -0.4 is 14.7 Å². The molecular weight excluding hydrogens is 430 g/mol. The van der Waals surface area contributed by atoms with Crippen molar-refractivity contribution in [2.45, 2.75) is 34.2 Å². The molecule has 0 unspecified atom stereocenters. The van der Waals surface area contributed by atoms with E-state index in [2.05, 4.69) is 43.6 Å². The van der Waals surface area contributed by atoms with E-state index < -0.39 is 0 Å². The SMILES string of the molecule is CC(C)C[NH+](Cc1c([O-])ccc2c1OC(=Cc1cccc(Br)c1)C2=O)CC(C)C. The third-order valence-corrected chi connectivity index (χ3v) is 5.36. The van der Waals surface area contributed by atoms with Gasteiger partial charge in [0.15, 0.2) is 5.76 Å². The van der Waals surface area contributed by atoms with Gasteiger partial charge in [0.05, 0.1) is 18.7 Å². The number of fused-ring (bicyclic) bond motifs is 1. The van der Waals surface area contributed by atoms with Gasteiger partial charge in [0, 0.05) is 21.9 Å². The van der Waals surface area contributed by atoms with Gasteiger partial charge in [-0.1, -0.05) is 67.6 Å². The van der Waals surface area contributed by atoms with Crippen LogP contribution in [0, 0.1) is 11.8 Å². The zero-order chi connectivity index (χ0) is 21.1. The average molecular weight is 458 g/mol. The number of ether oxygens (including phenoxy) is 1. The number of ketones is 1. The lowest BCUT2D eigenvalue weighted by Crippen LogP contribution is -3.11. The monoisotopic (exact) mass is 457 g/mol. The molecule has 0 amide bonds. The van der Waals surface area contributed by atoms with Crippen LogP contribution >= 0.6 is 15.9 Å². The molecule has 4 nitrogen and oxygen atoms in total. The summed E-state index contributed by atoms with van der Waals surface area (Å²) in [6, 6.07) is 10.8. The van der Waals surface area contributed by atoms with E-state index in [9.17, 15) is 9.90 Å². The number of Topliss-reactive ketones (excluding diaryl/α,β-unsaturated/α-hetero) is 1. The van der Waals surface area contributed by atoms with E-state index in [4.69, 9.17) is 4.74 Å². The third kappa shape index (κ3) is 5.28. The predicted octanol–water partition coefficient (Wildman–Crippen LogP) is 3.84. The maximum Gasteiger partial charge on any atom is 0.231 e. The fraction of sp³-hybridized carbons (Fsp3) is 0.375. The number of carbonyl (C=O) groups excluding carboxylic acids is 1. The highest BCUT2D eigenvalue weighted by Gasteiger charge is 2.31. The molecule has 5 heteroatoms. The number of hydrogen-bond donors (Lipinski definition) is 1. The molecule has 29 heavy (non-hydrogen) atoms. The minimum atomic E-state index is -0.171. The van der Waals surface area contributed by atoms with Gasteiger partial charge < -0.3 is 14.7 Å². The summed E-state index contributed by atoms with van der Waals surface area (Å²) in [6.45, 7) is 11.3. The number of rotatable bonds is 7. The molecule has 0 saturated carbocycles. The Morgan fingerprint density at radius 3 is 2.41 bits per heavy atom. The Bertz CT molecular complexity index is 924. The highest BCUT2D eigenvalue weighted by molar-refractivity contribution is 9.10. The summed E-state index contributed by atoms with van der Waals surface area (Å²) in [4.78, 5) is 14.2. The molecule has 1 N–H and O–H groups in total. The van der Waals surface area contributed by atoms with Crippen molar-refractivity contribution in [3.8, 4) is 11.5 Å². The first-order chi connectivity index (χ1) is 13.7. The minimum absolute atomic E-state index is 0.0646. The van der Waals surface area contributed by atoms with E-state index in [-0.39, 0.29) is 17.3 Å². The first-order valence-electron chi connectivity index (χ1n) is 10.1. The van der Waals surface area contributed by atoms with Crippen LogP contribution in [0.2, 0.25) is 0 Å². The van der Waals surface area contributed by atoms with E-state index in [1.165, 1.54) is 11.0 Å². The highest BCUT2D eigenvalue weighted by Crippen LogP contribution is 2.38. The van der Waals surface area contributed by atoms with Crippen molar-refractivity contribution in [1.82, 2.24) is 0 Å². The van der Waals surface area contributed by atoms with Gasteiger partial charge in [0.25, 0.3) is 0 Å². The summed E-state index contributed by atoms with van der Waals surface area (Å²) >= 11 is 3.44. The van der Waals surface area contributed by atoms with Crippen molar-refractivity contribution in [1.29, 1.82) is 0 Å². The van der Waals surface area contributed by atoms with Crippen LogP contribution in [0.25, 0.3) is 6.08 Å². The molecule has 154 valence electrons. The number of benzene rings is 2. The molecule has 1 aliphatic heterocycles. The molecule has 2 aromatic carbocycles. The van der Waals surface area contributed by atoms with Crippen LogP contribution in [-0.4, -0.2) is 18.9 Å². The second kappa shape index (κ2) is 9.14. The molecular formula is C24H28BrNO3. The third-order valence-electron chi connectivity index (χ3n) is 4.87. The zero-order valence-corrected chi connectivity index (χ0v) is 19.0. The minimum Gasteiger partial charge on any atom is -0.872 e. The quantitative estimate of drug-likeness (QED) is 0.642. The lowest BCUT2D eigenvalue weighted by molar-refractivity contribution is -0.919. The molecule has 2 aromatic rings. The maximum atomic E-state index is 12.9. The number of hydrogen-bond acceptors (Lipinski definition) is 3. The van der Waals surface area contributed by atoms with Crippen molar-refractivity contribution in [2.75, 3.05) is 13.1 Å². The van der Waals surface area contributed by atoms with Gasteiger partial charge in [-0.15, -0.1) is 0 Å². The molecule has 0 saturated heterocycles. The molecule has 0 atom stereocenters. The molecule has 0 radical (unpaired) electrons. The van der Waals surface area contributed by atoms with Crippen LogP contribution in [0.3, 0.4) is 0 Å². The molecule has 0 bridgehead atoms.